The lowest BCUT2D eigenvalue weighted by Gasteiger charge is -2.24. The molecule has 22 heavy (non-hydrogen) atoms. The molecule has 0 bridgehead atoms. The minimum atomic E-state index is -0.330. The molecule has 4 nitrogen and oxygen atoms in total. The Bertz CT molecular complexity index is 748. The lowest BCUT2D eigenvalue weighted by Crippen LogP contribution is -2.33. The summed E-state index contributed by atoms with van der Waals surface area (Å²) < 4.78 is 16.0. The van der Waals surface area contributed by atoms with Gasteiger partial charge in [-0.25, -0.2) is 9.37 Å². The first kappa shape index (κ1) is 14.5. The van der Waals surface area contributed by atoms with Crippen molar-refractivity contribution in [2.45, 2.75) is 19.8 Å². The van der Waals surface area contributed by atoms with Crippen LogP contribution < -0.4 is 0 Å². The van der Waals surface area contributed by atoms with Crippen molar-refractivity contribution in [2.24, 2.45) is 0 Å². The first-order valence-electron chi connectivity index (χ1n) is 7.31. The summed E-state index contributed by atoms with van der Waals surface area (Å²) >= 11 is 0. The van der Waals surface area contributed by atoms with Crippen LogP contribution in [0, 0.1) is 12.7 Å². The van der Waals surface area contributed by atoms with Gasteiger partial charge in [-0.05, 0) is 43.5 Å². The van der Waals surface area contributed by atoms with Crippen molar-refractivity contribution in [1.82, 2.24) is 14.5 Å². The van der Waals surface area contributed by atoms with E-state index in [1.807, 2.05) is 13.0 Å². The summed E-state index contributed by atoms with van der Waals surface area (Å²) in [6, 6.07) is 4.99. The number of aryl methyl sites for hydroxylation is 1. The number of carbonyl (C=O) groups excluding carboxylic acids is 1. The zero-order valence-corrected chi connectivity index (χ0v) is 12.7. The second kappa shape index (κ2) is 5.75. The Morgan fingerprint density at radius 2 is 2.18 bits per heavy atom. The summed E-state index contributed by atoms with van der Waals surface area (Å²) in [5.74, 6) is -0.302. The van der Waals surface area contributed by atoms with Gasteiger partial charge in [0, 0.05) is 25.4 Å². The standard InChI is InChI=1S/C17H18FN3O/c1-12-10-21(11-19-12)16-6-5-13(9-15(16)18)8-14-4-3-7-20(2)17(14)22/h5-6,8-11H,3-4,7H2,1-2H3/b14-8+. The van der Waals surface area contributed by atoms with E-state index >= 15 is 0 Å². The number of hydrogen-bond donors (Lipinski definition) is 0. The van der Waals surface area contributed by atoms with Crippen molar-refractivity contribution in [3.8, 4) is 5.69 Å². The molecular weight excluding hydrogens is 281 g/mol. The zero-order chi connectivity index (χ0) is 15.7. The molecule has 1 fully saturated rings. The van der Waals surface area contributed by atoms with E-state index in [1.54, 1.807) is 41.2 Å². The van der Waals surface area contributed by atoms with Crippen LogP contribution >= 0.6 is 0 Å². The number of imidazole rings is 1. The van der Waals surface area contributed by atoms with Crippen molar-refractivity contribution < 1.29 is 9.18 Å². The highest BCUT2D eigenvalue weighted by atomic mass is 19.1. The molecule has 0 unspecified atom stereocenters. The molecule has 5 heteroatoms. The molecule has 0 aliphatic carbocycles. The van der Waals surface area contributed by atoms with Gasteiger partial charge >= 0.3 is 0 Å². The Balaban J connectivity index is 1.90. The summed E-state index contributed by atoms with van der Waals surface area (Å²) in [4.78, 5) is 17.9. The number of aromatic nitrogens is 2. The van der Waals surface area contributed by atoms with E-state index in [1.165, 1.54) is 6.07 Å². The van der Waals surface area contributed by atoms with Gasteiger partial charge in [0.2, 0.25) is 5.91 Å². The number of rotatable bonds is 2. The highest BCUT2D eigenvalue weighted by Crippen LogP contribution is 2.21. The summed E-state index contributed by atoms with van der Waals surface area (Å²) in [6.07, 6.45) is 6.84. The van der Waals surface area contributed by atoms with Gasteiger partial charge in [0.15, 0.2) is 0 Å². The third kappa shape index (κ3) is 2.79. The predicted octanol–water partition coefficient (Wildman–Crippen LogP) is 2.96. The Labute approximate surface area is 128 Å². The topological polar surface area (TPSA) is 38.1 Å². The van der Waals surface area contributed by atoms with Crippen LogP contribution in [-0.2, 0) is 4.79 Å². The van der Waals surface area contributed by atoms with Gasteiger partial charge in [0.1, 0.15) is 5.82 Å². The lowest BCUT2D eigenvalue weighted by atomic mass is 10.0. The third-order valence-corrected chi connectivity index (χ3v) is 3.86. The maximum Gasteiger partial charge on any atom is 0.249 e. The van der Waals surface area contributed by atoms with Gasteiger partial charge in [-0.1, -0.05) is 6.07 Å². The average molecular weight is 299 g/mol. The minimum absolute atomic E-state index is 0.0287. The molecule has 1 saturated heterocycles. The van der Waals surface area contributed by atoms with Crippen molar-refractivity contribution in [3.05, 3.63) is 53.4 Å². The normalized spacial score (nSPS) is 17.3. The van der Waals surface area contributed by atoms with Crippen LogP contribution in [0.15, 0.2) is 36.3 Å². The molecule has 1 aromatic heterocycles. The third-order valence-electron chi connectivity index (χ3n) is 3.86. The van der Waals surface area contributed by atoms with E-state index in [-0.39, 0.29) is 11.7 Å². The largest absolute Gasteiger partial charge is 0.342 e. The minimum Gasteiger partial charge on any atom is -0.342 e. The number of halogens is 1. The molecule has 0 N–H and O–H groups in total. The van der Waals surface area contributed by atoms with E-state index in [4.69, 9.17) is 0 Å². The maximum absolute atomic E-state index is 14.3. The first-order valence-corrected chi connectivity index (χ1v) is 7.31. The van der Waals surface area contributed by atoms with Crippen molar-refractivity contribution in [2.75, 3.05) is 13.6 Å². The molecule has 3 rings (SSSR count). The first-order chi connectivity index (χ1) is 10.5. The van der Waals surface area contributed by atoms with E-state index < -0.39 is 0 Å². The SMILES string of the molecule is Cc1cn(-c2ccc(/C=C3\CCCN(C)C3=O)cc2F)cn1. The molecular formula is C17H18FN3O. The van der Waals surface area contributed by atoms with Crippen LogP contribution in [0.4, 0.5) is 4.39 Å². The molecule has 0 spiro atoms. The van der Waals surface area contributed by atoms with E-state index in [0.29, 0.717) is 11.3 Å². The molecule has 2 heterocycles. The van der Waals surface area contributed by atoms with Gasteiger partial charge < -0.3 is 9.47 Å². The number of likely N-dealkylation sites (N-methyl/N-ethyl adjacent to an activating group) is 1. The van der Waals surface area contributed by atoms with Gasteiger partial charge in [0.25, 0.3) is 0 Å². The predicted molar refractivity (Wildman–Crippen MR) is 83.1 cm³/mol. The van der Waals surface area contributed by atoms with Crippen LogP contribution in [0.5, 0.6) is 0 Å². The number of amides is 1. The quantitative estimate of drug-likeness (QED) is 0.800. The summed E-state index contributed by atoms with van der Waals surface area (Å²) in [5.41, 5.74) is 2.73. The molecule has 1 aromatic carbocycles. The highest BCUT2D eigenvalue weighted by molar-refractivity contribution is 5.98. The Morgan fingerprint density at radius 3 is 2.86 bits per heavy atom. The number of benzene rings is 1. The van der Waals surface area contributed by atoms with E-state index in [2.05, 4.69) is 4.98 Å². The van der Waals surface area contributed by atoms with Gasteiger partial charge in [-0.15, -0.1) is 0 Å². The second-order valence-corrected chi connectivity index (χ2v) is 5.63. The zero-order valence-electron chi connectivity index (χ0n) is 12.7. The van der Waals surface area contributed by atoms with Gasteiger partial charge in [0.05, 0.1) is 17.7 Å². The van der Waals surface area contributed by atoms with Crippen LogP contribution in [-0.4, -0.2) is 34.0 Å². The molecule has 0 radical (unpaired) electrons. The maximum atomic E-state index is 14.3. The van der Waals surface area contributed by atoms with Crippen molar-refractivity contribution >= 4 is 12.0 Å². The Kier molecular flexibility index (Phi) is 3.79. The number of carbonyl (C=O) groups is 1. The Hall–Kier alpha value is -2.43. The van der Waals surface area contributed by atoms with Gasteiger partial charge in [-0.3, -0.25) is 4.79 Å². The van der Waals surface area contributed by atoms with Crippen LogP contribution in [0.25, 0.3) is 11.8 Å². The molecule has 1 amide bonds. The van der Waals surface area contributed by atoms with E-state index in [9.17, 15) is 9.18 Å². The molecule has 0 atom stereocenters. The molecule has 1 aliphatic rings. The summed E-state index contributed by atoms with van der Waals surface area (Å²) in [7, 11) is 1.79. The molecule has 1 aliphatic heterocycles. The Morgan fingerprint density at radius 1 is 1.36 bits per heavy atom. The van der Waals surface area contributed by atoms with Crippen LogP contribution in [0.2, 0.25) is 0 Å². The molecule has 114 valence electrons. The fraction of sp³-hybridized carbons (Fsp3) is 0.294. The van der Waals surface area contributed by atoms with Crippen LogP contribution in [0.1, 0.15) is 24.1 Å². The highest BCUT2D eigenvalue weighted by Gasteiger charge is 2.19. The van der Waals surface area contributed by atoms with E-state index in [0.717, 1.165) is 30.7 Å². The second-order valence-electron chi connectivity index (χ2n) is 5.63. The van der Waals surface area contributed by atoms with Gasteiger partial charge in [-0.2, -0.15) is 0 Å². The molecule has 2 aromatic rings. The summed E-state index contributed by atoms with van der Waals surface area (Å²) in [6.45, 7) is 2.64. The number of hydrogen-bond acceptors (Lipinski definition) is 2. The fourth-order valence-corrected chi connectivity index (χ4v) is 2.67. The smallest absolute Gasteiger partial charge is 0.249 e. The fourth-order valence-electron chi connectivity index (χ4n) is 2.67. The number of piperidine rings is 1. The average Bonchev–Trinajstić information content (AvgIpc) is 2.90. The molecule has 0 saturated carbocycles. The summed E-state index contributed by atoms with van der Waals surface area (Å²) in [5, 5.41) is 0. The lowest BCUT2D eigenvalue weighted by molar-refractivity contribution is -0.127. The number of nitrogens with zero attached hydrogens (tertiary/aromatic N) is 3. The number of likely N-dealkylation sites (tertiary alicyclic amines) is 1. The van der Waals surface area contributed by atoms with Crippen molar-refractivity contribution in [1.29, 1.82) is 0 Å². The van der Waals surface area contributed by atoms with Crippen molar-refractivity contribution in [3.63, 3.8) is 0 Å². The van der Waals surface area contributed by atoms with Crippen LogP contribution in [0.3, 0.4) is 0 Å². The monoisotopic (exact) mass is 299 g/mol.